The van der Waals surface area contributed by atoms with Crippen LogP contribution in [-0.2, 0) is 19.7 Å². The third kappa shape index (κ3) is 3.07. The SMILES string of the molecule is CC(C)(C)c1ccc(C2OC3(C(=O)c4ccccc4C3=O)C3C(=O)N(c4ccccc4F)C(=O)C23)cc1. The van der Waals surface area contributed by atoms with E-state index in [1.165, 1.54) is 30.3 Å². The summed E-state index contributed by atoms with van der Waals surface area (Å²) in [6.45, 7) is 6.20. The molecule has 2 amide bonds. The van der Waals surface area contributed by atoms with Gasteiger partial charge >= 0.3 is 0 Å². The second-order valence-corrected chi connectivity index (χ2v) is 10.8. The zero-order valence-electron chi connectivity index (χ0n) is 20.5. The fraction of sp³-hybridized carbons (Fsp3) is 0.267. The van der Waals surface area contributed by atoms with Gasteiger partial charge in [-0.05, 0) is 28.7 Å². The van der Waals surface area contributed by atoms with Crippen molar-refractivity contribution in [2.45, 2.75) is 37.9 Å². The van der Waals surface area contributed by atoms with Gasteiger partial charge in [-0.3, -0.25) is 19.2 Å². The summed E-state index contributed by atoms with van der Waals surface area (Å²) in [6, 6.07) is 19.2. The molecule has 3 atom stereocenters. The van der Waals surface area contributed by atoms with Crippen LogP contribution in [-0.4, -0.2) is 29.0 Å². The lowest BCUT2D eigenvalue weighted by molar-refractivity contribution is -0.127. The molecule has 7 heteroatoms. The largest absolute Gasteiger partial charge is 0.349 e. The normalized spacial score (nSPS) is 24.2. The highest BCUT2D eigenvalue weighted by Crippen LogP contribution is 2.57. The van der Waals surface area contributed by atoms with Gasteiger partial charge in [0.1, 0.15) is 5.82 Å². The second-order valence-electron chi connectivity index (χ2n) is 10.8. The number of rotatable bonds is 2. The minimum absolute atomic E-state index is 0.126. The number of Topliss-reactive ketones (excluding diaryl/α,β-unsaturated/α-hetero) is 2. The van der Waals surface area contributed by atoms with Crippen LogP contribution in [0.2, 0.25) is 0 Å². The van der Waals surface area contributed by atoms with E-state index in [0.29, 0.717) is 5.56 Å². The van der Waals surface area contributed by atoms with Gasteiger partial charge in [0.05, 0.1) is 23.6 Å². The monoisotopic (exact) mass is 497 g/mol. The van der Waals surface area contributed by atoms with Crippen molar-refractivity contribution < 1.29 is 28.3 Å². The first-order valence-corrected chi connectivity index (χ1v) is 12.2. The average molecular weight is 498 g/mol. The van der Waals surface area contributed by atoms with E-state index < -0.39 is 52.7 Å². The summed E-state index contributed by atoms with van der Waals surface area (Å²) < 4.78 is 21.1. The number of anilines is 1. The molecule has 0 saturated carbocycles. The van der Waals surface area contributed by atoms with Crippen molar-refractivity contribution in [2.24, 2.45) is 11.8 Å². The maximum atomic E-state index is 14.8. The summed E-state index contributed by atoms with van der Waals surface area (Å²) in [5.74, 6) is -6.14. The molecule has 2 saturated heterocycles. The third-order valence-corrected chi connectivity index (χ3v) is 7.72. The van der Waals surface area contributed by atoms with E-state index >= 15 is 0 Å². The molecule has 37 heavy (non-hydrogen) atoms. The lowest BCUT2D eigenvalue weighted by Gasteiger charge is -2.27. The summed E-state index contributed by atoms with van der Waals surface area (Å²) in [6.07, 6.45) is -1.05. The van der Waals surface area contributed by atoms with Gasteiger partial charge in [0.15, 0.2) is 0 Å². The molecule has 6 nitrogen and oxygen atoms in total. The van der Waals surface area contributed by atoms with E-state index in [-0.39, 0.29) is 22.2 Å². The lowest BCUT2D eigenvalue weighted by atomic mass is 9.77. The van der Waals surface area contributed by atoms with Gasteiger partial charge in [0.2, 0.25) is 29.0 Å². The minimum Gasteiger partial charge on any atom is -0.349 e. The maximum absolute atomic E-state index is 14.8. The maximum Gasteiger partial charge on any atom is 0.241 e. The van der Waals surface area contributed by atoms with Gasteiger partial charge in [-0.2, -0.15) is 0 Å². The first-order chi connectivity index (χ1) is 17.6. The Morgan fingerprint density at radius 3 is 1.92 bits per heavy atom. The van der Waals surface area contributed by atoms with E-state index in [1.54, 1.807) is 24.3 Å². The van der Waals surface area contributed by atoms with Crippen LogP contribution in [0.25, 0.3) is 0 Å². The molecule has 6 rings (SSSR count). The quantitative estimate of drug-likeness (QED) is 0.375. The molecule has 1 spiro atoms. The number of hydrogen-bond donors (Lipinski definition) is 0. The van der Waals surface area contributed by atoms with Crippen LogP contribution in [0.3, 0.4) is 0 Å². The van der Waals surface area contributed by atoms with Crippen molar-refractivity contribution in [3.05, 3.63) is 101 Å². The number of para-hydroxylation sites is 1. The topological polar surface area (TPSA) is 80.8 Å². The summed E-state index contributed by atoms with van der Waals surface area (Å²) in [5.41, 5.74) is -0.609. The molecule has 0 bridgehead atoms. The highest BCUT2D eigenvalue weighted by atomic mass is 19.1. The van der Waals surface area contributed by atoms with Crippen LogP contribution < -0.4 is 4.90 Å². The summed E-state index contributed by atoms with van der Waals surface area (Å²) in [7, 11) is 0. The van der Waals surface area contributed by atoms with Crippen LogP contribution in [0.4, 0.5) is 10.1 Å². The predicted octanol–water partition coefficient (Wildman–Crippen LogP) is 4.82. The molecule has 3 unspecified atom stereocenters. The molecule has 2 aliphatic heterocycles. The zero-order chi connectivity index (χ0) is 26.3. The van der Waals surface area contributed by atoms with E-state index in [1.807, 2.05) is 12.1 Å². The molecule has 3 aliphatic rings. The predicted molar refractivity (Wildman–Crippen MR) is 133 cm³/mol. The van der Waals surface area contributed by atoms with Gasteiger partial charge in [-0.25, -0.2) is 9.29 Å². The van der Waals surface area contributed by atoms with Gasteiger partial charge in [0, 0.05) is 11.1 Å². The van der Waals surface area contributed by atoms with Crippen molar-refractivity contribution in [2.75, 3.05) is 4.90 Å². The molecule has 1 aliphatic carbocycles. The number of carbonyl (C=O) groups is 4. The Labute approximate surface area is 213 Å². The fourth-order valence-corrected chi connectivity index (χ4v) is 5.86. The number of halogens is 1. The highest BCUT2D eigenvalue weighted by Gasteiger charge is 2.74. The Morgan fingerprint density at radius 1 is 0.784 bits per heavy atom. The molecule has 2 heterocycles. The molecule has 3 aromatic rings. The number of carbonyl (C=O) groups excluding carboxylic acids is 4. The summed E-state index contributed by atoms with van der Waals surface area (Å²) in [4.78, 5) is 56.1. The number of amides is 2. The van der Waals surface area contributed by atoms with E-state index in [4.69, 9.17) is 4.74 Å². The fourth-order valence-electron chi connectivity index (χ4n) is 5.86. The van der Waals surface area contributed by atoms with Crippen LogP contribution in [0, 0.1) is 17.7 Å². The molecule has 186 valence electrons. The van der Waals surface area contributed by atoms with E-state index in [2.05, 4.69) is 20.8 Å². The lowest BCUT2D eigenvalue weighted by Crippen LogP contribution is -2.51. The smallest absolute Gasteiger partial charge is 0.241 e. The van der Waals surface area contributed by atoms with Crippen molar-refractivity contribution in [1.82, 2.24) is 0 Å². The summed E-state index contributed by atoms with van der Waals surface area (Å²) in [5, 5.41) is 0. The highest BCUT2D eigenvalue weighted by molar-refractivity contribution is 6.37. The zero-order valence-corrected chi connectivity index (χ0v) is 20.5. The molecule has 2 fully saturated rings. The van der Waals surface area contributed by atoms with Crippen LogP contribution in [0.5, 0.6) is 0 Å². The number of fused-ring (bicyclic) bond motifs is 3. The van der Waals surface area contributed by atoms with Crippen molar-refractivity contribution in [3.63, 3.8) is 0 Å². The number of imide groups is 1. The standard InChI is InChI=1S/C30H24FNO5/c1-29(2,3)17-14-12-16(13-15-17)24-22-23(28(36)32(27(22)35)21-11-7-6-10-20(21)31)30(37-24)25(33)18-8-4-5-9-19(18)26(30)34/h4-15,22-24H,1-3H3. The van der Waals surface area contributed by atoms with E-state index in [9.17, 15) is 23.6 Å². The summed E-state index contributed by atoms with van der Waals surface area (Å²) >= 11 is 0. The van der Waals surface area contributed by atoms with Crippen molar-refractivity contribution in [1.29, 1.82) is 0 Å². The Bertz CT molecular complexity index is 1470. The molecule has 0 aromatic heterocycles. The number of ether oxygens (including phenoxy) is 1. The van der Waals surface area contributed by atoms with Crippen LogP contribution >= 0.6 is 0 Å². The van der Waals surface area contributed by atoms with E-state index in [0.717, 1.165) is 16.5 Å². The van der Waals surface area contributed by atoms with Crippen molar-refractivity contribution >= 4 is 29.1 Å². The number of ketones is 2. The molecule has 0 radical (unpaired) electrons. The number of hydrogen-bond acceptors (Lipinski definition) is 5. The van der Waals surface area contributed by atoms with Crippen LogP contribution in [0.15, 0.2) is 72.8 Å². The first-order valence-electron chi connectivity index (χ1n) is 12.2. The minimum atomic E-state index is -2.19. The van der Waals surface area contributed by atoms with Crippen molar-refractivity contribution in [3.8, 4) is 0 Å². The van der Waals surface area contributed by atoms with Gasteiger partial charge < -0.3 is 4.74 Å². The third-order valence-electron chi connectivity index (χ3n) is 7.72. The molecular formula is C30H24FNO5. The second kappa shape index (κ2) is 7.76. The Kier molecular flexibility index (Phi) is 4.92. The molecule has 0 N–H and O–H groups in total. The number of benzene rings is 3. The average Bonchev–Trinajstić information content (AvgIpc) is 3.44. The number of nitrogens with zero attached hydrogens (tertiary/aromatic N) is 1. The van der Waals surface area contributed by atoms with Gasteiger partial charge in [0.25, 0.3) is 0 Å². The molecular weight excluding hydrogens is 473 g/mol. The molecule has 3 aromatic carbocycles. The van der Waals surface area contributed by atoms with Crippen LogP contribution in [0.1, 0.15) is 58.7 Å². The Morgan fingerprint density at radius 2 is 1.35 bits per heavy atom. The van der Waals surface area contributed by atoms with Gasteiger partial charge in [-0.1, -0.05) is 81.4 Å². The van der Waals surface area contributed by atoms with Gasteiger partial charge in [-0.15, -0.1) is 0 Å². The first kappa shape index (κ1) is 23.4. The Hall–Kier alpha value is -3.97. The Balaban J connectivity index is 1.53.